The number of nitro benzene ring substituents is 2. The predicted molar refractivity (Wildman–Crippen MR) is 110 cm³/mol. The number of anilines is 1. The average molecular weight is 432 g/mol. The molecule has 0 amide bonds. The number of halogens is 1. The molecule has 0 N–H and O–H groups in total. The Morgan fingerprint density at radius 3 is 2.48 bits per heavy atom. The van der Waals surface area contributed by atoms with Crippen molar-refractivity contribution in [2.24, 2.45) is 0 Å². The van der Waals surface area contributed by atoms with Crippen LogP contribution in [0.1, 0.15) is 22.3 Å². The predicted octanol–water partition coefficient (Wildman–Crippen LogP) is 3.14. The van der Waals surface area contributed by atoms with Crippen molar-refractivity contribution in [2.75, 3.05) is 38.2 Å². The van der Waals surface area contributed by atoms with Crippen LogP contribution in [-0.2, 0) is 11.3 Å². The SMILES string of the molecule is COC(=O)c1cc([N+](=O)[O-])cc([N+](=O)[O-])c1N1CCCN(Cc2ccccc2F)CC1. The zero-order chi connectivity index (χ0) is 22.5. The van der Waals surface area contributed by atoms with E-state index >= 15 is 0 Å². The van der Waals surface area contributed by atoms with E-state index in [1.165, 1.54) is 6.07 Å². The standard InChI is InChI=1S/C20H21FN4O6/c1-31-20(26)16-11-15(24(27)28)12-18(25(29)30)19(16)23-8-4-7-22(9-10-23)13-14-5-2-3-6-17(14)21/h2-3,5-6,11-12H,4,7-10,13H2,1H3. The van der Waals surface area contributed by atoms with E-state index in [1.54, 1.807) is 23.1 Å². The molecule has 0 unspecified atom stereocenters. The first-order valence-corrected chi connectivity index (χ1v) is 9.57. The van der Waals surface area contributed by atoms with Gasteiger partial charge in [-0.1, -0.05) is 18.2 Å². The third kappa shape index (κ3) is 4.94. The van der Waals surface area contributed by atoms with Gasteiger partial charge in [0.2, 0.25) is 0 Å². The summed E-state index contributed by atoms with van der Waals surface area (Å²) in [6.45, 7) is 2.17. The van der Waals surface area contributed by atoms with Crippen molar-refractivity contribution in [2.45, 2.75) is 13.0 Å². The van der Waals surface area contributed by atoms with Crippen LogP contribution in [0.25, 0.3) is 0 Å². The average Bonchev–Trinajstić information content (AvgIpc) is 2.99. The number of nitro groups is 2. The van der Waals surface area contributed by atoms with Crippen LogP contribution >= 0.6 is 0 Å². The maximum absolute atomic E-state index is 14.0. The van der Waals surface area contributed by atoms with Crippen molar-refractivity contribution in [3.05, 3.63) is 73.6 Å². The van der Waals surface area contributed by atoms with Crippen LogP contribution in [-0.4, -0.2) is 54.0 Å². The van der Waals surface area contributed by atoms with Gasteiger partial charge >= 0.3 is 5.97 Å². The molecule has 0 aliphatic carbocycles. The summed E-state index contributed by atoms with van der Waals surface area (Å²) in [5, 5.41) is 22.9. The van der Waals surface area contributed by atoms with Gasteiger partial charge < -0.3 is 9.64 Å². The number of nitrogens with zero attached hydrogens (tertiary/aromatic N) is 4. The molecule has 164 valence electrons. The quantitative estimate of drug-likeness (QED) is 0.388. The Labute approximate surface area is 177 Å². The lowest BCUT2D eigenvalue weighted by Crippen LogP contribution is -2.32. The van der Waals surface area contributed by atoms with Gasteiger partial charge in [0, 0.05) is 44.4 Å². The first kappa shape index (κ1) is 22.1. The number of hydrogen-bond donors (Lipinski definition) is 0. The van der Waals surface area contributed by atoms with Gasteiger partial charge in [-0.05, 0) is 12.5 Å². The van der Waals surface area contributed by atoms with E-state index < -0.39 is 27.2 Å². The lowest BCUT2D eigenvalue weighted by atomic mass is 10.1. The fraction of sp³-hybridized carbons (Fsp3) is 0.350. The third-order valence-electron chi connectivity index (χ3n) is 5.14. The molecular formula is C20H21FN4O6. The van der Waals surface area contributed by atoms with Gasteiger partial charge in [-0.2, -0.15) is 0 Å². The van der Waals surface area contributed by atoms with Gasteiger partial charge in [0.05, 0.1) is 28.6 Å². The molecule has 0 saturated carbocycles. The highest BCUT2D eigenvalue weighted by atomic mass is 19.1. The highest BCUT2D eigenvalue weighted by Crippen LogP contribution is 2.37. The van der Waals surface area contributed by atoms with Crippen molar-refractivity contribution in [3.63, 3.8) is 0 Å². The summed E-state index contributed by atoms with van der Waals surface area (Å²) >= 11 is 0. The molecule has 1 aliphatic rings. The molecule has 0 atom stereocenters. The van der Waals surface area contributed by atoms with E-state index in [1.807, 2.05) is 4.90 Å². The Hall–Kier alpha value is -3.60. The Morgan fingerprint density at radius 2 is 1.84 bits per heavy atom. The van der Waals surface area contributed by atoms with Gasteiger partial charge in [-0.25, -0.2) is 9.18 Å². The van der Waals surface area contributed by atoms with Crippen LogP contribution in [0.3, 0.4) is 0 Å². The van der Waals surface area contributed by atoms with E-state index in [4.69, 9.17) is 4.74 Å². The second-order valence-corrected chi connectivity index (χ2v) is 7.08. The van der Waals surface area contributed by atoms with Crippen LogP contribution in [0.4, 0.5) is 21.5 Å². The van der Waals surface area contributed by atoms with Crippen LogP contribution < -0.4 is 4.90 Å². The van der Waals surface area contributed by atoms with E-state index in [-0.39, 0.29) is 17.1 Å². The molecule has 0 bridgehead atoms. The highest BCUT2D eigenvalue weighted by molar-refractivity contribution is 5.99. The van der Waals surface area contributed by atoms with Gasteiger partial charge in [-0.3, -0.25) is 25.1 Å². The molecule has 10 nitrogen and oxygen atoms in total. The third-order valence-corrected chi connectivity index (χ3v) is 5.14. The number of non-ortho nitro benzene ring substituents is 1. The van der Waals surface area contributed by atoms with Crippen molar-refractivity contribution < 1.29 is 23.8 Å². The van der Waals surface area contributed by atoms with Gasteiger partial charge in [0.25, 0.3) is 11.4 Å². The number of ether oxygens (including phenoxy) is 1. The van der Waals surface area contributed by atoms with Crippen LogP contribution in [0.2, 0.25) is 0 Å². The van der Waals surface area contributed by atoms with Crippen LogP contribution in [0.15, 0.2) is 36.4 Å². The van der Waals surface area contributed by atoms with E-state index in [0.29, 0.717) is 44.7 Å². The number of benzene rings is 2. The van der Waals surface area contributed by atoms with Crippen molar-refractivity contribution in [3.8, 4) is 0 Å². The molecule has 2 aromatic rings. The lowest BCUT2D eigenvalue weighted by molar-refractivity contribution is -0.393. The Balaban J connectivity index is 1.92. The summed E-state index contributed by atoms with van der Waals surface area (Å²) in [6, 6.07) is 8.31. The van der Waals surface area contributed by atoms with Crippen LogP contribution in [0.5, 0.6) is 0 Å². The maximum atomic E-state index is 14.0. The highest BCUT2D eigenvalue weighted by Gasteiger charge is 2.32. The Bertz CT molecular complexity index is 1020. The summed E-state index contributed by atoms with van der Waals surface area (Å²) in [4.78, 5) is 37.4. The molecule has 0 radical (unpaired) electrons. The summed E-state index contributed by atoms with van der Waals surface area (Å²) in [7, 11) is 1.11. The van der Waals surface area contributed by atoms with Gasteiger partial charge in [-0.15, -0.1) is 0 Å². The van der Waals surface area contributed by atoms with Crippen molar-refractivity contribution >= 4 is 23.0 Å². The summed E-state index contributed by atoms with van der Waals surface area (Å²) in [5.41, 5.74) is -0.780. The molecule has 1 aliphatic heterocycles. The fourth-order valence-electron chi connectivity index (χ4n) is 3.67. The Kier molecular flexibility index (Phi) is 6.75. The van der Waals surface area contributed by atoms with Gasteiger partial charge in [0.15, 0.2) is 0 Å². The molecule has 3 rings (SSSR count). The van der Waals surface area contributed by atoms with Crippen molar-refractivity contribution in [1.29, 1.82) is 0 Å². The second kappa shape index (κ2) is 9.47. The summed E-state index contributed by atoms with van der Waals surface area (Å²) in [6.07, 6.45) is 0.600. The number of methoxy groups -OCH3 is 1. The minimum absolute atomic E-state index is 0.00445. The largest absolute Gasteiger partial charge is 0.465 e. The van der Waals surface area contributed by atoms with E-state index in [0.717, 1.165) is 19.2 Å². The summed E-state index contributed by atoms with van der Waals surface area (Å²) in [5.74, 6) is -1.20. The molecule has 11 heteroatoms. The lowest BCUT2D eigenvalue weighted by Gasteiger charge is -2.25. The number of rotatable bonds is 6. The minimum atomic E-state index is -0.894. The maximum Gasteiger partial charge on any atom is 0.340 e. The zero-order valence-corrected chi connectivity index (χ0v) is 16.8. The normalized spacial score (nSPS) is 14.7. The molecule has 0 spiro atoms. The molecule has 2 aromatic carbocycles. The van der Waals surface area contributed by atoms with E-state index in [9.17, 15) is 29.4 Å². The molecule has 31 heavy (non-hydrogen) atoms. The molecule has 1 saturated heterocycles. The first-order chi connectivity index (χ1) is 14.8. The van der Waals surface area contributed by atoms with Crippen LogP contribution in [0, 0.1) is 26.0 Å². The Morgan fingerprint density at radius 1 is 1.10 bits per heavy atom. The molecular weight excluding hydrogens is 411 g/mol. The molecule has 0 aromatic heterocycles. The first-order valence-electron chi connectivity index (χ1n) is 9.57. The monoisotopic (exact) mass is 432 g/mol. The number of carbonyl (C=O) groups excluding carboxylic acids is 1. The minimum Gasteiger partial charge on any atom is -0.465 e. The smallest absolute Gasteiger partial charge is 0.340 e. The zero-order valence-electron chi connectivity index (χ0n) is 16.8. The summed E-state index contributed by atoms with van der Waals surface area (Å²) < 4.78 is 18.7. The fourth-order valence-corrected chi connectivity index (χ4v) is 3.67. The molecule has 1 fully saturated rings. The van der Waals surface area contributed by atoms with E-state index in [2.05, 4.69) is 0 Å². The molecule has 1 heterocycles. The van der Waals surface area contributed by atoms with Gasteiger partial charge in [0.1, 0.15) is 11.5 Å². The van der Waals surface area contributed by atoms with Crippen molar-refractivity contribution in [1.82, 2.24) is 4.90 Å². The topological polar surface area (TPSA) is 119 Å². The second-order valence-electron chi connectivity index (χ2n) is 7.08. The number of esters is 1. The number of carbonyl (C=O) groups is 1. The number of hydrogen-bond acceptors (Lipinski definition) is 8.